The minimum atomic E-state index is 1.29. The molecule has 0 amide bonds. The molecule has 5 aromatic carbocycles. The van der Waals surface area contributed by atoms with Crippen LogP contribution in [-0.2, 0) is 0 Å². The molecule has 27 heavy (non-hydrogen) atoms. The van der Waals surface area contributed by atoms with E-state index in [4.69, 9.17) is 0 Å². The highest BCUT2D eigenvalue weighted by Gasteiger charge is 2.19. The maximum absolute atomic E-state index is 2.51. The van der Waals surface area contributed by atoms with Gasteiger partial charge in [0.2, 0.25) is 0 Å². The van der Waals surface area contributed by atoms with E-state index in [9.17, 15) is 0 Å². The molecule has 0 aliphatic rings. The normalized spacial score (nSPS) is 12.4. The summed E-state index contributed by atoms with van der Waals surface area (Å²) in [5.74, 6) is 0. The maximum Gasteiger partial charge on any atom is 0.0621 e. The summed E-state index contributed by atoms with van der Waals surface area (Å²) in [7, 11) is 0. The molecule has 0 bridgehead atoms. The predicted octanol–water partition coefficient (Wildman–Crippen LogP) is 7.14. The average molecular weight is 341 g/mol. The molecule has 7 aromatic rings. The molecular weight excluding hydrogens is 326 g/mol. The van der Waals surface area contributed by atoms with Crippen LogP contribution < -0.4 is 0 Å². The number of fused-ring (bicyclic) bond motifs is 10. The predicted molar refractivity (Wildman–Crippen MR) is 116 cm³/mol. The fraction of sp³-hybridized carbons (Fsp3) is 0. The Morgan fingerprint density at radius 3 is 1.30 bits per heavy atom. The summed E-state index contributed by atoms with van der Waals surface area (Å²) >= 11 is 0. The van der Waals surface area contributed by atoms with Crippen LogP contribution in [0, 0.1) is 0 Å². The van der Waals surface area contributed by atoms with E-state index in [2.05, 4.69) is 95.4 Å². The van der Waals surface area contributed by atoms with Crippen molar-refractivity contribution in [1.29, 1.82) is 0 Å². The minimum Gasteiger partial charge on any atom is -0.307 e. The number of hydrogen-bond acceptors (Lipinski definition) is 0. The van der Waals surface area contributed by atoms with Crippen LogP contribution in [0.1, 0.15) is 0 Å². The van der Waals surface area contributed by atoms with Gasteiger partial charge in [-0.3, -0.25) is 0 Å². The second-order valence-corrected chi connectivity index (χ2v) is 7.40. The number of para-hydroxylation sites is 1. The molecule has 0 unspecified atom stereocenters. The van der Waals surface area contributed by atoms with Gasteiger partial charge < -0.3 is 4.40 Å². The Balaban J connectivity index is 1.96. The van der Waals surface area contributed by atoms with E-state index >= 15 is 0 Å². The fourth-order valence-corrected chi connectivity index (χ4v) is 4.98. The quantitative estimate of drug-likeness (QED) is 0.276. The molecule has 0 fully saturated rings. The Morgan fingerprint density at radius 1 is 0.333 bits per heavy atom. The summed E-state index contributed by atoms with van der Waals surface area (Å²) in [6.45, 7) is 0. The fourth-order valence-electron chi connectivity index (χ4n) is 4.98. The van der Waals surface area contributed by atoms with Gasteiger partial charge in [-0.1, -0.05) is 91.0 Å². The Kier molecular flexibility index (Phi) is 2.30. The first kappa shape index (κ1) is 13.6. The summed E-state index contributed by atoms with van der Waals surface area (Å²) in [5.41, 5.74) is 3.99. The van der Waals surface area contributed by atoms with Gasteiger partial charge >= 0.3 is 0 Å². The van der Waals surface area contributed by atoms with Crippen molar-refractivity contribution in [3.05, 3.63) is 91.0 Å². The Bertz CT molecular complexity index is 1550. The lowest BCUT2D eigenvalue weighted by Crippen LogP contribution is -1.84. The molecule has 0 saturated carbocycles. The first-order valence-electron chi connectivity index (χ1n) is 9.39. The number of nitrogens with zero attached hydrogens (tertiary/aromatic N) is 1. The summed E-state index contributed by atoms with van der Waals surface area (Å²) in [5, 5.41) is 10.6. The highest BCUT2D eigenvalue weighted by Crippen LogP contribution is 2.43. The first-order valence-corrected chi connectivity index (χ1v) is 9.39. The molecule has 124 valence electrons. The lowest BCUT2D eigenvalue weighted by Gasteiger charge is -2.05. The summed E-state index contributed by atoms with van der Waals surface area (Å²) in [6, 6.07) is 33.3. The zero-order valence-corrected chi connectivity index (χ0v) is 14.6. The van der Waals surface area contributed by atoms with Crippen molar-refractivity contribution in [1.82, 2.24) is 4.40 Å². The Hall–Kier alpha value is -3.58. The molecule has 2 heterocycles. The third-order valence-electron chi connectivity index (χ3n) is 6.09. The van der Waals surface area contributed by atoms with Crippen LogP contribution in [-0.4, -0.2) is 4.40 Å². The monoisotopic (exact) mass is 341 g/mol. The van der Waals surface area contributed by atoms with Crippen LogP contribution >= 0.6 is 0 Å². The van der Waals surface area contributed by atoms with Crippen LogP contribution in [0.2, 0.25) is 0 Å². The van der Waals surface area contributed by atoms with Crippen molar-refractivity contribution < 1.29 is 0 Å². The lowest BCUT2D eigenvalue weighted by atomic mass is 10.0. The van der Waals surface area contributed by atoms with E-state index in [1.54, 1.807) is 0 Å². The van der Waals surface area contributed by atoms with Crippen molar-refractivity contribution in [3.8, 4) is 0 Å². The molecule has 0 aliphatic heterocycles. The molecule has 0 radical (unpaired) electrons. The van der Waals surface area contributed by atoms with Gasteiger partial charge in [0.15, 0.2) is 0 Å². The van der Waals surface area contributed by atoms with Gasteiger partial charge in [-0.15, -0.1) is 0 Å². The Labute approximate surface area is 155 Å². The minimum absolute atomic E-state index is 1.29. The molecule has 0 aliphatic carbocycles. The van der Waals surface area contributed by atoms with Crippen molar-refractivity contribution >= 4 is 59.6 Å². The second kappa shape index (κ2) is 4.57. The molecule has 2 aromatic heterocycles. The van der Waals surface area contributed by atoms with Crippen LogP contribution in [0.4, 0.5) is 0 Å². The van der Waals surface area contributed by atoms with Crippen LogP contribution in [0.5, 0.6) is 0 Å². The SMILES string of the molecule is c1ccc2c(c1)ccc1c3cccc4c5ccc6ccccc6c5n(c21)c34. The van der Waals surface area contributed by atoms with Crippen molar-refractivity contribution in [2.75, 3.05) is 0 Å². The molecular formula is C26H15N. The third-order valence-corrected chi connectivity index (χ3v) is 6.09. The van der Waals surface area contributed by atoms with E-state index in [1.807, 2.05) is 0 Å². The van der Waals surface area contributed by atoms with Gasteiger partial charge in [0.05, 0.1) is 16.6 Å². The van der Waals surface area contributed by atoms with Gasteiger partial charge in [0.25, 0.3) is 0 Å². The molecule has 7 rings (SSSR count). The van der Waals surface area contributed by atoms with E-state index in [0.29, 0.717) is 0 Å². The highest BCUT2D eigenvalue weighted by molar-refractivity contribution is 6.29. The maximum atomic E-state index is 2.51. The summed E-state index contributed by atoms with van der Waals surface area (Å²) < 4.78 is 2.51. The van der Waals surface area contributed by atoms with Gasteiger partial charge in [-0.25, -0.2) is 0 Å². The van der Waals surface area contributed by atoms with E-state index in [-0.39, 0.29) is 0 Å². The standard InChI is InChI=1S/C26H15N/c1-3-8-18-16(6-1)12-14-22-20-10-5-11-21-23-15-13-17-7-2-4-9-19(17)25(23)27(24(18)22)26(20)21/h1-15H. The van der Waals surface area contributed by atoms with Crippen LogP contribution in [0.3, 0.4) is 0 Å². The number of hydrogen-bond donors (Lipinski definition) is 0. The molecule has 0 N–H and O–H groups in total. The average Bonchev–Trinajstić information content (AvgIpc) is 3.25. The second-order valence-electron chi connectivity index (χ2n) is 7.40. The van der Waals surface area contributed by atoms with Crippen LogP contribution in [0.25, 0.3) is 59.6 Å². The zero-order chi connectivity index (χ0) is 17.5. The smallest absolute Gasteiger partial charge is 0.0621 e. The highest BCUT2D eigenvalue weighted by atomic mass is 14.9. The molecule has 1 nitrogen and oxygen atoms in total. The molecule has 1 heteroatoms. The largest absolute Gasteiger partial charge is 0.307 e. The lowest BCUT2D eigenvalue weighted by molar-refractivity contribution is 1.39. The van der Waals surface area contributed by atoms with Gasteiger partial charge in [-0.2, -0.15) is 0 Å². The van der Waals surface area contributed by atoms with Crippen molar-refractivity contribution in [2.24, 2.45) is 0 Å². The number of benzene rings is 5. The van der Waals surface area contributed by atoms with Crippen LogP contribution in [0.15, 0.2) is 91.0 Å². The topological polar surface area (TPSA) is 4.41 Å². The van der Waals surface area contributed by atoms with Crippen molar-refractivity contribution in [2.45, 2.75) is 0 Å². The van der Waals surface area contributed by atoms with Gasteiger partial charge in [0, 0.05) is 32.3 Å². The Morgan fingerprint density at radius 2 is 0.741 bits per heavy atom. The first-order chi connectivity index (χ1) is 13.4. The zero-order valence-electron chi connectivity index (χ0n) is 14.6. The van der Waals surface area contributed by atoms with Gasteiger partial charge in [-0.05, 0) is 10.8 Å². The molecule has 0 atom stereocenters. The third kappa shape index (κ3) is 1.52. The van der Waals surface area contributed by atoms with E-state index in [0.717, 1.165) is 0 Å². The molecule has 0 saturated heterocycles. The van der Waals surface area contributed by atoms with Crippen molar-refractivity contribution in [3.63, 3.8) is 0 Å². The number of rotatable bonds is 0. The van der Waals surface area contributed by atoms with E-state index < -0.39 is 0 Å². The number of aromatic nitrogens is 1. The summed E-state index contributed by atoms with van der Waals surface area (Å²) in [4.78, 5) is 0. The van der Waals surface area contributed by atoms with Gasteiger partial charge in [0.1, 0.15) is 0 Å². The molecule has 0 spiro atoms. The summed E-state index contributed by atoms with van der Waals surface area (Å²) in [6.07, 6.45) is 0. The van der Waals surface area contributed by atoms with E-state index in [1.165, 1.54) is 59.6 Å².